The minimum absolute atomic E-state index is 0.00495. The van der Waals surface area contributed by atoms with Crippen molar-refractivity contribution in [3.63, 3.8) is 0 Å². The predicted octanol–water partition coefficient (Wildman–Crippen LogP) is 5.07. The molecule has 1 fully saturated rings. The number of ether oxygens (including phenoxy) is 2. The fourth-order valence-electron chi connectivity index (χ4n) is 6.78. The molecule has 0 aromatic carbocycles. The van der Waals surface area contributed by atoms with Crippen molar-refractivity contribution in [2.24, 2.45) is 17.8 Å². The van der Waals surface area contributed by atoms with Crippen LogP contribution in [0.4, 0.5) is 17.5 Å². The van der Waals surface area contributed by atoms with Gasteiger partial charge in [-0.05, 0) is 86.6 Å². The first kappa shape index (κ1) is 49.6. The predicted molar refractivity (Wildman–Crippen MR) is 250 cm³/mol. The molecular formula is C43H52ClN13O8S2. The number of hydrogen-bond donors (Lipinski definition) is 4. The summed E-state index contributed by atoms with van der Waals surface area (Å²) in [6.07, 6.45) is 4.25. The van der Waals surface area contributed by atoms with Gasteiger partial charge in [0.1, 0.15) is 22.6 Å². The third kappa shape index (κ3) is 12.5. The van der Waals surface area contributed by atoms with Crippen molar-refractivity contribution in [1.82, 2.24) is 48.9 Å². The Hall–Kier alpha value is -6.85. The first-order valence-electron chi connectivity index (χ1n) is 20.9. The highest BCUT2D eigenvalue weighted by Crippen LogP contribution is 2.38. The highest BCUT2D eigenvalue weighted by atomic mass is 35.5. The van der Waals surface area contributed by atoms with Crippen LogP contribution in [0.25, 0.3) is 11.6 Å². The Kier molecular flexibility index (Phi) is 15.1. The number of nitrogens with one attached hydrogen (secondary N) is 2. The lowest BCUT2D eigenvalue weighted by Gasteiger charge is -2.34. The molecule has 7 rings (SSSR count). The number of sulfonamides is 2. The van der Waals surface area contributed by atoms with Gasteiger partial charge in [0, 0.05) is 36.6 Å². The van der Waals surface area contributed by atoms with Gasteiger partial charge in [0.15, 0.2) is 21.7 Å². The minimum atomic E-state index is -4.25. The van der Waals surface area contributed by atoms with E-state index in [9.17, 15) is 26.4 Å². The highest BCUT2D eigenvalue weighted by Gasteiger charge is 2.39. The van der Waals surface area contributed by atoms with E-state index in [4.69, 9.17) is 37.5 Å². The van der Waals surface area contributed by atoms with Crippen LogP contribution >= 0.6 is 11.6 Å². The molecule has 0 bridgehead atoms. The van der Waals surface area contributed by atoms with E-state index in [1.54, 1.807) is 41.3 Å². The third-order valence-corrected chi connectivity index (χ3v) is 12.5. The van der Waals surface area contributed by atoms with Crippen molar-refractivity contribution in [2.45, 2.75) is 70.5 Å². The molecule has 21 nitrogen and oxygen atoms in total. The zero-order valence-electron chi connectivity index (χ0n) is 37.8. The van der Waals surface area contributed by atoms with Crippen molar-refractivity contribution in [2.75, 3.05) is 36.1 Å². The molecule has 0 radical (unpaired) electrons. The molecule has 1 atom stereocenters. The van der Waals surface area contributed by atoms with Gasteiger partial charge >= 0.3 is 0 Å². The maximum absolute atomic E-state index is 13.3. The number of carbonyl (C=O) groups excluding carboxylic acids is 2. The van der Waals surface area contributed by atoms with Gasteiger partial charge in [0.05, 0.1) is 24.3 Å². The second kappa shape index (κ2) is 20.3. The number of amides is 2. The smallest absolute Gasteiger partial charge is 0.281 e. The summed E-state index contributed by atoms with van der Waals surface area (Å²) in [6.45, 7) is 16.1. The summed E-state index contributed by atoms with van der Waals surface area (Å²) in [4.78, 5) is 44.2. The van der Waals surface area contributed by atoms with Gasteiger partial charge in [-0.3, -0.25) is 9.59 Å². The molecule has 0 aliphatic carbocycles. The molecule has 6 N–H and O–H groups in total. The summed E-state index contributed by atoms with van der Waals surface area (Å²) in [5.74, 6) is 1.40. The summed E-state index contributed by atoms with van der Waals surface area (Å²) in [6, 6.07) is 17.7. The second-order valence-corrected chi connectivity index (χ2v) is 20.7. The van der Waals surface area contributed by atoms with Crippen molar-refractivity contribution in [3.8, 4) is 23.4 Å². The topological polar surface area (TPSA) is 287 Å². The number of nitrogen functional groups attached to an aromatic ring is 2. The summed E-state index contributed by atoms with van der Waals surface area (Å²) in [7, 11) is -8.48. The summed E-state index contributed by atoms with van der Waals surface area (Å²) in [5, 5.41) is 7.76. The van der Waals surface area contributed by atoms with Gasteiger partial charge in [0.2, 0.25) is 11.8 Å². The Morgan fingerprint density at radius 1 is 0.716 bits per heavy atom. The van der Waals surface area contributed by atoms with Gasteiger partial charge < -0.3 is 25.8 Å². The molecule has 1 aliphatic rings. The number of hydrogen-bond acceptors (Lipinski definition) is 17. The van der Waals surface area contributed by atoms with E-state index in [1.807, 2.05) is 23.5 Å². The van der Waals surface area contributed by atoms with Gasteiger partial charge in [0.25, 0.3) is 31.9 Å². The van der Waals surface area contributed by atoms with Gasteiger partial charge in [-0.2, -0.15) is 16.8 Å². The quantitative estimate of drug-likeness (QED) is 0.0977. The van der Waals surface area contributed by atoms with Crippen LogP contribution in [0.3, 0.4) is 0 Å². The first-order valence-corrected chi connectivity index (χ1v) is 24.3. The molecule has 2 amide bonds. The number of rotatable bonds is 15. The van der Waals surface area contributed by atoms with Gasteiger partial charge in [-0.15, -0.1) is 10.2 Å². The van der Waals surface area contributed by atoms with Crippen LogP contribution in [0.15, 0.2) is 95.2 Å². The molecule has 1 aliphatic heterocycles. The van der Waals surface area contributed by atoms with Crippen LogP contribution in [0.2, 0.25) is 5.15 Å². The van der Waals surface area contributed by atoms with E-state index < -0.39 is 31.9 Å². The third-order valence-electron chi connectivity index (χ3n) is 9.74. The van der Waals surface area contributed by atoms with E-state index in [2.05, 4.69) is 64.5 Å². The first-order chi connectivity index (χ1) is 31.5. The molecule has 7 heterocycles. The number of carbonyl (C=O) groups is 2. The largest absolute Gasteiger partial charge is 0.476 e. The second-order valence-electron chi connectivity index (χ2n) is 17.1. The molecule has 356 valence electrons. The van der Waals surface area contributed by atoms with Gasteiger partial charge in [-0.25, -0.2) is 38.7 Å². The van der Waals surface area contributed by atoms with E-state index in [1.165, 1.54) is 53.2 Å². The Labute approximate surface area is 393 Å². The van der Waals surface area contributed by atoms with Gasteiger partial charge in [-0.1, -0.05) is 58.4 Å². The van der Waals surface area contributed by atoms with Crippen LogP contribution in [0.1, 0.15) is 75.6 Å². The average molecular weight is 979 g/mol. The number of halogens is 1. The van der Waals surface area contributed by atoms with Crippen LogP contribution in [-0.2, 0) is 20.0 Å². The monoisotopic (exact) mass is 977 g/mol. The van der Waals surface area contributed by atoms with E-state index in [0.29, 0.717) is 66.7 Å². The summed E-state index contributed by atoms with van der Waals surface area (Å²) >= 11 is 6.11. The maximum atomic E-state index is 13.3. The zero-order chi connectivity index (χ0) is 48.8. The standard InChI is InChI=1S/C25H33N7O4S.C18H19ClN6O4S/c1-16(2)15-36-21-11-12-32(29-21)20-10-9-18(23(28-20)31-14-17(3)13-25(31,4)5)24(33)30-37(34,35)22-8-6-7-19(26)27-22;1-11(2)10-29-15-8-9-25(23-15)14-7-6-12(17(19)22-14)18(26)24-30(27,28)16-5-3-4-13(20)21-16/h6-12,16-17H,13-15H2,1-5H3,(H2,26,27)(H,30,33);3-9,11H,10H2,1-2H3,(H2,20,21)(H,24,26)/t17-;/m0./s1. The highest BCUT2D eigenvalue weighted by molar-refractivity contribution is 7.90. The van der Waals surface area contributed by atoms with Crippen molar-refractivity contribution in [1.29, 1.82) is 0 Å². The lowest BCUT2D eigenvalue weighted by Crippen LogP contribution is -2.41. The molecule has 24 heteroatoms. The van der Waals surface area contributed by atoms with E-state index in [0.717, 1.165) is 6.42 Å². The molecule has 0 saturated carbocycles. The summed E-state index contributed by atoms with van der Waals surface area (Å²) in [5.41, 5.74) is 10.8. The molecule has 0 spiro atoms. The number of nitrogens with two attached hydrogens (primary N) is 2. The molecule has 6 aromatic heterocycles. The lowest BCUT2D eigenvalue weighted by molar-refractivity contribution is 0.0972. The van der Waals surface area contributed by atoms with Crippen LogP contribution in [0, 0.1) is 17.8 Å². The zero-order valence-corrected chi connectivity index (χ0v) is 40.2. The van der Waals surface area contributed by atoms with Crippen LogP contribution in [0.5, 0.6) is 11.8 Å². The molecular weight excluding hydrogens is 926 g/mol. The molecule has 1 saturated heterocycles. The van der Waals surface area contributed by atoms with E-state index >= 15 is 0 Å². The Morgan fingerprint density at radius 3 is 1.61 bits per heavy atom. The minimum Gasteiger partial charge on any atom is -0.476 e. The SMILES string of the molecule is CC(C)COc1ccn(-c2ccc(C(=O)NS(=O)(=O)c3cccc(N)n3)c(Cl)n2)n1.CC(C)COc1ccn(-c2ccc(C(=O)NS(=O)(=O)c3cccc(N)n3)c(N3C[C@@H](C)CC3(C)C)n2)n1. The van der Waals surface area contributed by atoms with Crippen LogP contribution in [-0.4, -0.2) is 93.4 Å². The van der Waals surface area contributed by atoms with Crippen molar-refractivity contribution >= 4 is 60.9 Å². The lowest BCUT2D eigenvalue weighted by atomic mass is 9.97. The average Bonchev–Trinajstić information content (AvgIpc) is 4.00. The maximum Gasteiger partial charge on any atom is 0.281 e. The van der Waals surface area contributed by atoms with Crippen molar-refractivity contribution < 1.29 is 35.9 Å². The normalized spacial score (nSPS) is 14.7. The van der Waals surface area contributed by atoms with E-state index in [-0.39, 0.29) is 43.5 Å². The Bertz CT molecular complexity index is 2980. The number of anilines is 3. The molecule has 67 heavy (non-hydrogen) atoms. The number of nitrogens with zero attached hydrogens (tertiary/aromatic N) is 9. The number of aromatic nitrogens is 8. The Morgan fingerprint density at radius 2 is 1.18 bits per heavy atom. The Balaban J connectivity index is 0.000000226. The fourth-order valence-corrected chi connectivity index (χ4v) is 8.90. The number of pyridine rings is 4. The van der Waals surface area contributed by atoms with Crippen molar-refractivity contribution in [3.05, 3.63) is 101 Å². The molecule has 6 aromatic rings. The summed E-state index contributed by atoms with van der Waals surface area (Å²) < 4.78 is 68.6. The fraction of sp³-hybridized carbons (Fsp3) is 0.349. The molecule has 0 unspecified atom stereocenters. The van der Waals surface area contributed by atoms with Crippen LogP contribution < -0.4 is 35.3 Å².